The molecule has 0 saturated heterocycles. The van der Waals surface area contributed by atoms with Crippen LogP contribution in [-0.2, 0) is 16.6 Å². The summed E-state index contributed by atoms with van der Waals surface area (Å²) in [5.74, 6) is 0.0238. The highest BCUT2D eigenvalue weighted by atomic mass is 32.2. The fourth-order valence-electron chi connectivity index (χ4n) is 3.12. The number of nitrogens with zero attached hydrogens (tertiary/aromatic N) is 2. The second kappa shape index (κ2) is 6.91. The van der Waals surface area contributed by atoms with E-state index in [0.717, 1.165) is 37.5 Å². The summed E-state index contributed by atoms with van der Waals surface area (Å²) in [7, 11) is -1.82. The van der Waals surface area contributed by atoms with E-state index < -0.39 is 10.0 Å². The van der Waals surface area contributed by atoms with Gasteiger partial charge in [-0.05, 0) is 30.5 Å². The van der Waals surface area contributed by atoms with Crippen LogP contribution in [0.2, 0.25) is 0 Å². The molecule has 6 heteroatoms. The molecule has 1 aromatic rings. The molecule has 0 fully saturated rings. The molecule has 0 saturated carbocycles. The minimum atomic E-state index is -3.33. The van der Waals surface area contributed by atoms with Crippen molar-refractivity contribution in [2.24, 2.45) is 0 Å². The third-order valence-electron chi connectivity index (χ3n) is 4.47. The van der Waals surface area contributed by atoms with Crippen LogP contribution < -0.4 is 4.31 Å². The van der Waals surface area contributed by atoms with Crippen molar-refractivity contribution in [3.63, 3.8) is 0 Å². The molecular formula is C17H26N2O3S. The van der Waals surface area contributed by atoms with E-state index in [4.69, 9.17) is 0 Å². The Morgan fingerprint density at radius 2 is 1.83 bits per heavy atom. The molecule has 1 amide bonds. The highest BCUT2D eigenvalue weighted by Gasteiger charge is 2.32. The maximum atomic E-state index is 12.8. The molecule has 1 aliphatic heterocycles. The van der Waals surface area contributed by atoms with E-state index in [0.29, 0.717) is 17.8 Å². The van der Waals surface area contributed by atoms with Gasteiger partial charge in [-0.25, -0.2) is 8.42 Å². The van der Waals surface area contributed by atoms with Crippen LogP contribution in [0.3, 0.4) is 0 Å². The first-order chi connectivity index (χ1) is 10.8. The number of carbonyl (C=O) groups excluding carboxylic acids is 1. The molecule has 2 rings (SSSR count). The van der Waals surface area contributed by atoms with E-state index in [2.05, 4.69) is 13.8 Å². The number of amides is 1. The Morgan fingerprint density at radius 3 is 2.35 bits per heavy atom. The normalized spacial score (nSPS) is 14.5. The Hall–Kier alpha value is -1.56. The summed E-state index contributed by atoms with van der Waals surface area (Å²) in [6.07, 6.45) is 5.26. The SMILES string of the molecule is CCCC(CCC)N1Cc2ccc(N(C)S(C)(=O)=O)cc2C1=O. The Morgan fingerprint density at radius 1 is 1.22 bits per heavy atom. The molecule has 128 valence electrons. The van der Waals surface area contributed by atoms with E-state index in [-0.39, 0.29) is 11.9 Å². The second-order valence-corrected chi connectivity index (χ2v) is 8.25. The lowest BCUT2D eigenvalue weighted by Crippen LogP contribution is -2.35. The van der Waals surface area contributed by atoms with Crippen LogP contribution in [0.25, 0.3) is 0 Å². The minimum Gasteiger partial charge on any atom is -0.331 e. The molecular weight excluding hydrogens is 312 g/mol. The largest absolute Gasteiger partial charge is 0.331 e. The third kappa shape index (κ3) is 3.68. The lowest BCUT2D eigenvalue weighted by molar-refractivity contribution is 0.0682. The van der Waals surface area contributed by atoms with Gasteiger partial charge in [-0.15, -0.1) is 0 Å². The number of benzene rings is 1. The number of hydrogen-bond acceptors (Lipinski definition) is 3. The van der Waals surface area contributed by atoms with E-state index in [9.17, 15) is 13.2 Å². The zero-order valence-corrected chi connectivity index (χ0v) is 15.2. The van der Waals surface area contributed by atoms with Gasteiger partial charge in [-0.3, -0.25) is 9.10 Å². The number of sulfonamides is 1. The van der Waals surface area contributed by atoms with E-state index in [1.807, 2.05) is 11.0 Å². The number of anilines is 1. The fourth-order valence-corrected chi connectivity index (χ4v) is 3.61. The fraction of sp³-hybridized carbons (Fsp3) is 0.588. The predicted octanol–water partition coefficient (Wildman–Crippen LogP) is 3.01. The lowest BCUT2D eigenvalue weighted by Gasteiger charge is -2.27. The smallest absolute Gasteiger partial charge is 0.254 e. The number of carbonyl (C=O) groups is 1. The van der Waals surface area contributed by atoms with Gasteiger partial charge in [-0.1, -0.05) is 32.8 Å². The zero-order valence-electron chi connectivity index (χ0n) is 14.4. The van der Waals surface area contributed by atoms with Crippen molar-refractivity contribution < 1.29 is 13.2 Å². The van der Waals surface area contributed by atoms with Crippen molar-refractivity contribution >= 4 is 21.6 Å². The van der Waals surface area contributed by atoms with Crippen LogP contribution in [0.5, 0.6) is 0 Å². The quantitative estimate of drug-likeness (QED) is 0.768. The van der Waals surface area contributed by atoms with Gasteiger partial charge >= 0.3 is 0 Å². The van der Waals surface area contributed by atoms with Gasteiger partial charge in [0.2, 0.25) is 10.0 Å². The van der Waals surface area contributed by atoms with E-state index in [1.54, 1.807) is 12.1 Å². The monoisotopic (exact) mass is 338 g/mol. The van der Waals surface area contributed by atoms with Crippen molar-refractivity contribution in [2.75, 3.05) is 17.6 Å². The molecule has 0 aliphatic carbocycles. The first kappa shape index (κ1) is 17.8. The summed E-state index contributed by atoms with van der Waals surface area (Å²) in [6, 6.07) is 5.61. The molecule has 0 atom stereocenters. The number of fused-ring (bicyclic) bond motifs is 1. The van der Waals surface area contributed by atoms with Gasteiger partial charge in [0.05, 0.1) is 11.9 Å². The summed E-state index contributed by atoms with van der Waals surface area (Å²) < 4.78 is 24.6. The van der Waals surface area contributed by atoms with Crippen LogP contribution in [0.15, 0.2) is 18.2 Å². The highest BCUT2D eigenvalue weighted by molar-refractivity contribution is 7.92. The Kier molecular flexibility index (Phi) is 5.34. The van der Waals surface area contributed by atoms with Crippen molar-refractivity contribution in [2.45, 2.75) is 52.1 Å². The standard InChI is InChI=1S/C17H26N2O3S/c1-5-7-14(8-6-2)19-12-13-9-10-15(11-16(13)17(19)20)18(3)23(4,21)22/h9-11,14H,5-8,12H2,1-4H3. The average Bonchev–Trinajstić information content (AvgIpc) is 2.82. The molecule has 0 N–H and O–H groups in total. The Balaban J connectivity index is 2.30. The minimum absolute atomic E-state index is 0.0238. The van der Waals surface area contributed by atoms with Crippen LogP contribution in [-0.4, -0.2) is 38.6 Å². The molecule has 0 radical (unpaired) electrons. The Bertz CT molecular complexity index is 679. The van der Waals surface area contributed by atoms with Crippen LogP contribution in [0, 0.1) is 0 Å². The summed E-state index contributed by atoms with van der Waals surface area (Å²) in [6.45, 7) is 4.90. The van der Waals surface area contributed by atoms with Gasteiger partial charge in [0.15, 0.2) is 0 Å². The molecule has 0 bridgehead atoms. The summed E-state index contributed by atoms with van der Waals surface area (Å²) in [5.41, 5.74) is 2.15. The maximum absolute atomic E-state index is 12.8. The molecule has 0 spiro atoms. The molecule has 23 heavy (non-hydrogen) atoms. The lowest BCUT2D eigenvalue weighted by atomic mass is 10.1. The van der Waals surface area contributed by atoms with Gasteiger partial charge < -0.3 is 4.90 Å². The van der Waals surface area contributed by atoms with Gasteiger partial charge in [-0.2, -0.15) is 0 Å². The van der Waals surface area contributed by atoms with Gasteiger partial charge in [0.1, 0.15) is 0 Å². The molecule has 1 aromatic carbocycles. The van der Waals surface area contributed by atoms with Crippen molar-refractivity contribution in [1.29, 1.82) is 0 Å². The topological polar surface area (TPSA) is 57.7 Å². The van der Waals surface area contributed by atoms with Crippen molar-refractivity contribution in [3.8, 4) is 0 Å². The van der Waals surface area contributed by atoms with Gasteiger partial charge in [0.25, 0.3) is 5.91 Å². The molecule has 1 aliphatic rings. The van der Waals surface area contributed by atoms with Crippen molar-refractivity contribution in [1.82, 2.24) is 4.90 Å². The summed E-state index contributed by atoms with van der Waals surface area (Å²) >= 11 is 0. The summed E-state index contributed by atoms with van der Waals surface area (Å²) in [4.78, 5) is 14.7. The number of hydrogen-bond donors (Lipinski definition) is 0. The van der Waals surface area contributed by atoms with E-state index in [1.165, 1.54) is 11.4 Å². The van der Waals surface area contributed by atoms with Crippen LogP contribution in [0.1, 0.15) is 55.5 Å². The summed E-state index contributed by atoms with van der Waals surface area (Å²) in [5, 5.41) is 0. The predicted molar refractivity (Wildman–Crippen MR) is 93.2 cm³/mol. The third-order valence-corrected chi connectivity index (χ3v) is 5.68. The average molecular weight is 338 g/mol. The second-order valence-electron chi connectivity index (χ2n) is 6.24. The molecule has 5 nitrogen and oxygen atoms in total. The molecule has 0 unspecified atom stereocenters. The van der Waals surface area contributed by atoms with E-state index >= 15 is 0 Å². The van der Waals surface area contributed by atoms with Crippen LogP contribution >= 0.6 is 0 Å². The number of rotatable bonds is 7. The van der Waals surface area contributed by atoms with Gasteiger partial charge in [0, 0.05) is 25.2 Å². The Labute approximate surface area is 139 Å². The van der Waals surface area contributed by atoms with Crippen molar-refractivity contribution in [3.05, 3.63) is 29.3 Å². The van der Waals surface area contributed by atoms with Crippen LogP contribution in [0.4, 0.5) is 5.69 Å². The zero-order chi connectivity index (χ0) is 17.2. The molecule has 1 heterocycles. The first-order valence-electron chi connectivity index (χ1n) is 8.17. The highest BCUT2D eigenvalue weighted by Crippen LogP contribution is 2.31. The molecule has 0 aromatic heterocycles. The first-order valence-corrected chi connectivity index (χ1v) is 10.0. The maximum Gasteiger partial charge on any atom is 0.254 e.